The standard InChI is InChI=1S/C60H118O4/c1-3-5-7-9-11-13-15-17-19-21-23-25-27-29-33-37-41-45-49-53-57-63-59(61)55-51-47-43-39-35-31-32-36-40-44-48-52-56-60(62)64-58-54-50-46-42-38-34-30-28-26-24-22-20-18-16-14-12-10-8-6-4-2/h3-58H2,1-2H3. The molecule has 0 bridgehead atoms. The minimum atomic E-state index is 0.0101. The van der Waals surface area contributed by atoms with Crippen molar-refractivity contribution in [2.75, 3.05) is 13.2 Å². The number of esters is 2. The zero-order chi connectivity index (χ0) is 46.2. The van der Waals surface area contributed by atoms with Crippen LogP contribution in [0.15, 0.2) is 0 Å². The second-order valence-electron chi connectivity index (χ2n) is 20.6. The Bertz CT molecular complexity index is 802. The molecule has 0 fully saturated rings. The Balaban J connectivity index is 3.21. The predicted octanol–water partition coefficient (Wildman–Crippen LogP) is 21.2. The van der Waals surface area contributed by atoms with Crippen LogP contribution in [0.5, 0.6) is 0 Å². The Hall–Kier alpha value is -1.06. The van der Waals surface area contributed by atoms with E-state index in [2.05, 4.69) is 13.8 Å². The summed E-state index contributed by atoms with van der Waals surface area (Å²) in [5.41, 5.74) is 0. The molecule has 0 aliphatic rings. The summed E-state index contributed by atoms with van der Waals surface area (Å²) in [5, 5.41) is 0. The van der Waals surface area contributed by atoms with Gasteiger partial charge in [0.2, 0.25) is 0 Å². The summed E-state index contributed by atoms with van der Waals surface area (Å²) in [4.78, 5) is 24.2. The minimum absolute atomic E-state index is 0.0101. The number of carbonyl (C=O) groups is 2. The summed E-state index contributed by atoms with van der Waals surface area (Å²) in [6, 6.07) is 0. The quantitative estimate of drug-likeness (QED) is 0.0451. The molecule has 0 amide bonds. The third-order valence-electron chi connectivity index (χ3n) is 14.0. The Morgan fingerprint density at radius 3 is 0.516 bits per heavy atom. The Morgan fingerprint density at radius 1 is 0.203 bits per heavy atom. The van der Waals surface area contributed by atoms with Gasteiger partial charge >= 0.3 is 11.9 Å². The molecule has 0 aromatic heterocycles. The Labute approximate surface area is 403 Å². The smallest absolute Gasteiger partial charge is 0.305 e. The van der Waals surface area contributed by atoms with E-state index in [0.29, 0.717) is 26.1 Å². The summed E-state index contributed by atoms with van der Waals surface area (Å²) in [6.45, 7) is 5.83. The molecule has 0 saturated heterocycles. The van der Waals surface area contributed by atoms with E-state index < -0.39 is 0 Å². The SMILES string of the molecule is CCCCCCCCCCCCCCCCCCCCCCOC(=O)CCCCCCCCCCCCCCC(=O)OCCCCCCCCCCCCCCCCCCCCCC. The molecule has 0 rings (SSSR count). The normalized spacial score (nSPS) is 11.5. The van der Waals surface area contributed by atoms with Crippen molar-refractivity contribution in [3.05, 3.63) is 0 Å². The molecular weight excluding hydrogens is 785 g/mol. The fourth-order valence-electron chi connectivity index (χ4n) is 9.54. The maximum atomic E-state index is 12.1. The summed E-state index contributed by atoms with van der Waals surface area (Å²) in [7, 11) is 0. The lowest BCUT2D eigenvalue weighted by Gasteiger charge is -2.06. The number of ether oxygens (including phenoxy) is 2. The van der Waals surface area contributed by atoms with Crippen LogP contribution in [-0.2, 0) is 19.1 Å². The van der Waals surface area contributed by atoms with E-state index >= 15 is 0 Å². The van der Waals surface area contributed by atoms with Crippen molar-refractivity contribution >= 4 is 11.9 Å². The van der Waals surface area contributed by atoms with E-state index in [1.165, 1.54) is 295 Å². The summed E-state index contributed by atoms with van der Waals surface area (Å²) < 4.78 is 11.0. The highest BCUT2D eigenvalue weighted by atomic mass is 16.5. The molecule has 0 heterocycles. The zero-order valence-electron chi connectivity index (χ0n) is 44.2. The largest absolute Gasteiger partial charge is 0.466 e. The first-order chi connectivity index (χ1) is 31.7. The maximum Gasteiger partial charge on any atom is 0.305 e. The van der Waals surface area contributed by atoms with Crippen molar-refractivity contribution in [2.45, 2.75) is 361 Å². The van der Waals surface area contributed by atoms with Gasteiger partial charge in [0.25, 0.3) is 0 Å². The molecule has 0 atom stereocenters. The van der Waals surface area contributed by atoms with E-state index in [4.69, 9.17) is 9.47 Å². The van der Waals surface area contributed by atoms with Gasteiger partial charge in [0.05, 0.1) is 13.2 Å². The number of unbranched alkanes of at least 4 members (excludes halogenated alkanes) is 49. The molecule has 4 nitrogen and oxygen atoms in total. The topological polar surface area (TPSA) is 52.6 Å². The van der Waals surface area contributed by atoms with Crippen molar-refractivity contribution in [1.29, 1.82) is 0 Å². The molecule has 0 saturated carbocycles. The monoisotopic (exact) mass is 903 g/mol. The first-order valence-electron chi connectivity index (χ1n) is 30.0. The predicted molar refractivity (Wildman–Crippen MR) is 283 cm³/mol. The molecular formula is C60H118O4. The van der Waals surface area contributed by atoms with Crippen LogP contribution in [0.1, 0.15) is 361 Å². The van der Waals surface area contributed by atoms with Gasteiger partial charge in [-0.1, -0.05) is 322 Å². The van der Waals surface area contributed by atoms with Crippen LogP contribution in [0.2, 0.25) is 0 Å². The van der Waals surface area contributed by atoms with Crippen molar-refractivity contribution in [1.82, 2.24) is 0 Å². The fourth-order valence-corrected chi connectivity index (χ4v) is 9.54. The zero-order valence-corrected chi connectivity index (χ0v) is 44.2. The third kappa shape index (κ3) is 57.1. The van der Waals surface area contributed by atoms with Crippen LogP contribution >= 0.6 is 0 Å². The van der Waals surface area contributed by atoms with Gasteiger partial charge in [-0.05, 0) is 25.7 Å². The second-order valence-corrected chi connectivity index (χ2v) is 20.6. The lowest BCUT2D eigenvalue weighted by Crippen LogP contribution is -2.05. The summed E-state index contributed by atoms with van der Waals surface area (Å²) in [6.07, 6.45) is 71.3. The molecule has 0 spiro atoms. The van der Waals surface area contributed by atoms with Gasteiger partial charge < -0.3 is 9.47 Å². The molecule has 0 radical (unpaired) electrons. The highest BCUT2D eigenvalue weighted by Gasteiger charge is 2.05. The highest BCUT2D eigenvalue weighted by Crippen LogP contribution is 2.18. The van der Waals surface area contributed by atoms with Crippen molar-refractivity contribution in [3.8, 4) is 0 Å². The average molecular weight is 904 g/mol. The van der Waals surface area contributed by atoms with Crippen LogP contribution in [0.4, 0.5) is 0 Å². The van der Waals surface area contributed by atoms with Crippen molar-refractivity contribution < 1.29 is 19.1 Å². The van der Waals surface area contributed by atoms with E-state index in [0.717, 1.165) is 38.5 Å². The van der Waals surface area contributed by atoms with Gasteiger partial charge in [-0.15, -0.1) is 0 Å². The fraction of sp³-hybridized carbons (Fsp3) is 0.967. The number of hydrogen-bond donors (Lipinski definition) is 0. The Kier molecular flexibility index (Phi) is 57.1. The van der Waals surface area contributed by atoms with Crippen LogP contribution < -0.4 is 0 Å². The van der Waals surface area contributed by atoms with Gasteiger partial charge in [-0.2, -0.15) is 0 Å². The van der Waals surface area contributed by atoms with Crippen LogP contribution in [0.3, 0.4) is 0 Å². The van der Waals surface area contributed by atoms with Gasteiger partial charge in [-0.25, -0.2) is 0 Å². The number of carbonyl (C=O) groups excluding carboxylic acids is 2. The highest BCUT2D eigenvalue weighted by molar-refractivity contribution is 5.69. The molecule has 0 aliphatic carbocycles. The third-order valence-corrected chi connectivity index (χ3v) is 14.0. The lowest BCUT2D eigenvalue weighted by atomic mass is 10.0. The number of rotatable bonds is 57. The molecule has 0 aromatic rings. The molecule has 0 aromatic carbocycles. The average Bonchev–Trinajstić information content (AvgIpc) is 3.30. The Morgan fingerprint density at radius 2 is 0.344 bits per heavy atom. The molecule has 64 heavy (non-hydrogen) atoms. The van der Waals surface area contributed by atoms with Gasteiger partial charge in [0, 0.05) is 12.8 Å². The van der Waals surface area contributed by atoms with E-state index in [1.54, 1.807) is 0 Å². The van der Waals surface area contributed by atoms with Gasteiger partial charge in [0.1, 0.15) is 0 Å². The van der Waals surface area contributed by atoms with Crippen molar-refractivity contribution in [3.63, 3.8) is 0 Å². The minimum Gasteiger partial charge on any atom is -0.466 e. The molecule has 0 N–H and O–H groups in total. The molecule has 382 valence electrons. The lowest BCUT2D eigenvalue weighted by molar-refractivity contribution is -0.144. The number of hydrogen-bond acceptors (Lipinski definition) is 4. The van der Waals surface area contributed by atoms with E-state index in [1.807, 2.05) is 0 Å². The van der Waals surface area contributed by atoms with E-state index in [-0.39, 0.29) is 11.9 Å². The van der Waals surface area contributed by atoms with Crippen LogP contribution in [0, 0.1) is 0 Å². The van der Waals surface area contributed by atoms with Gasteiger partial charge in [-0.3, -0.25) is 9.59 Å². The summed E-state index contributed by atoms with van der Waals surface area (Å²) in [5.74, 6) is 0.0201. The molecule has 4 heteroatoms. The molecule has 0 aliphatic heterocycles. The van der Waals surface area contributed by atoms with E-state index in [9.17, 15) is 9.59 Å². The summed E-state index contributed by atoms with van der Waals surface area (Å²) >= 11 is 0. The van der Waals surface area contributed by atoms with Crippen LogP contribution in [-0.4, -0.2) is 25.2 Å². The first kappa shape index (κ1) is 62.9. The maximum absolute atomic E-state index is 12.1. The molecule has 0 unspecified atom stereocenters. The van der Waals surface area contributed by atoms with Crippen molar-refractivity contribution in [2.24, 2.45) is 0 Å². The second kappa shape index (κ2) is 58.1. The first-order valence-corrected chi connectivity index (χ1v) is 30.0. The van der Waals surface area contributed by atoms with Crippen LogP contribution in [0.25, 0.3) is 0 Å². The van der Waals surface area contributed by atoms with Gasteiger partial charge in [0.15, 0.2) is 0 Å².